The summed E-state index contributed by atoms with van der Waals surface area (Å²) in [5, 5.41) is 2.36. The Morgan fingerprint density at radius 1 is 0.963 bits per heavy atom. The molecule has 27 heavy (non-hydrogen) atoms. The van der Waals surface area contributed by atoms with Gasteiger partial charge in [0, 0.05) is 19.2 Å². The first kappa shape index (κ1) is 18.7. The number of benzene rings is 2. The lowest BCUT2D eigenvalue weighted by Gasteiger charge is -2.12. The quantitative estimate of drug-likeness (QED) is 0.781. The van der Waals surface area contributed by atoms with Crippen LogP contribution in [0.1, 0.15) is 11.1 Å². The maximum absolute atomic E-state index is 12.4. The molecule has 5 nitrogen and oxygen atoms in total. The second kappa shape index (κ2) is 9.00. The molecule has 0 radical (unpaired) electrons. The summed E-state index contributed by atoms with van der Waals surface area (Å²) in [6, 6.07) is 18.8. The highest BCUT2D eigenvalue weighted by atomic mass is 32.2. The fourth-order valence-electron chi connectivity index (χ4n) is 2.48. The third kappa shape index (κ3) is 5.18. The van der Waals surface area contributed by atoms with E-state index in [0.29, 0.717) is 4.91 Å². The summed E-state index contributed by atoms with van der Waals surface area (Å²) < 4.78 is 0. The molecule has 1 N–H and O–H groups in total. The second-order valence-corrected chi connectivity index (χ2v) is 6.77. The van der Waals surface area contributed by atoms with Gasteiger partial charge < -0.3 is 5.32 Å². The van der Waals surface area contributed by atoms with Crippen LogP contribution >= 0.6 is 11.8 Å². The largest absolute Gasteiger partial charge is 0.351 e. The predicted molar refractivity (Wildman–Crippen MR) is 108 cm³/mol. The van der Waals surface area contributed by atoms with Crippen LogP contribution in [0.2, 0.25) is 0 Å². The Labute approximate surface area is 161 Å². The minimum Gasteiger partial charge on any atom is -0.351 e. The molecule has 1 aliphatic heterocycles. The van der Waals surface area contributed by atoms with Crippen molar-refractivity contribution < 1.29 is 14.4 Å². The summed E-state index contributed by atoms with van der Waals surface area (Å²) in [4.78, 5) is 37.9. The van der Waals surface area contributed by atoms with Crippen molar-refractivity contribution in [3.8, 4) is 0 Å². The van der Waals surface area contributed by atoms with Gasteiger partial charge >= 0.3 is 0 Å². The SMILES string of the molecule is O=C(/C=C/c1ccccc1)NCCN1C(=O)S/C(=C\c2ccccc2)C1=O. The van der Waals surface area contributed by atoms with Gasteiger partial charge in [0.1, 0.15) is 0 Å². The van der Waals surface area contributed by atoms with Crippen LogP contribution in [0.3, 0.4) is 0 Å². The van der Waals surface area contributed by atoms with E-state index in [1.807, 2.05) is 60.7 Å². The van der Waals surface area contributed by atoms with Crippen LogP contribution < -0.4 is 5.32 Å². The molecule has 2 aromatic rings. The number of carbonyl (C=O) groups is 3. The summed E-state index contributed by atoms with van der Waals surface area (Å²) in [5.41, 5.74) is 1.78. The maximum Gasteiger partial charge on any atom is 0.293 e. The Hall–Kier alpha value is -3.12. The van der Waals surface area contributed by atoms with Crippen molar-refractivity contribution in [2.45, 2.75) is 0 Å². The van der Waals surface area contributed by atoms with E-state index in [9.17, 15) is 14.4 Å². The number of nitrogens with zero attached hydrogens (tertiary/aromatic N) is 1. The smallest absolute Gasteiger partial charge is 0.293 e. The van der Waals surface area contributed by atoms with Crippen LogP contribution in [-0.2, 0) is 9.59 Å². The van der Waals surface area contributed by atoms with Gasteiger partial charge in [-0.15, -0.1) is 0 Å². The molecule has 0 aliphatic carbocycles. The van der Waals surface area contributed by atoms with Crippen LogP contribution in [0.25, 0.3) is 12.2 Å². The average molecular weight is 378 g/mol. The van der Waals surface area contributed by atoms with Gasteiger partial charge in [0.15, 0.2) is 0 Å². The fourth-order valence-corrected chi connectivity index (χ4v) is 3.34. The number of hydrogen-bond acceptors (Lipinski definition) is 4. The molecular weight excluding hydrogens is 360 g/mol. The molecule has 0 bridgehead atoms. The van der Waals surface area contributed by atoms with Gasteiger partial charge in [-0.05, 0) is 35.0 Å². The maximum atomic E-state index is 12.4. The summed E-state index contributed by atoms with van der Waals surface area (Å²) >= 11 is 0.915. The second-order valence-electron chi connectivity index (χ2n) is 5.78. The molecule has 3 amide bonds. The topological polar surface area (TPSA) is 66.5 Å². The van der Waals surface area contributed by atoms with E-state index in [4.69, 9.17) is 0 Å². The molecule has 1 heterocycles. The molecule has 0 atom stereocenters. The van der Waals surface area contributed by atoms with Crippen molar-refractivity contribution in [1.29, 1.82) is 0 Å². The lowest BCUT2D eigenvalue weighted by atomic mass is 10.2. The van der Waals surface area contributed by atoms with Gasteiger partial charge in [-0.25, -0.2) is 0 Å². The lowest BCUT2D eigenvalue weighted by molar-refractivity contribution is -0.123. The van der Waals surface area contributed by atoms with Crippen LogP contribution in [0.4, 0.5) is 4.79 Å². The van der Waals surface area contributed by atoms with Gasteiger partial charge in [-0.2, -0.15) is 0 Å². The van der Waals surface area contributed by atoms with Crippen LogP contribution in [-0.4, -0.2) is 35.0 Å². The Morgan fingerprint density at radius 3 is 2.26 bits per heavy atom. The summed E-state index contributed by atoms with van der Waals surface area (Å²) in [6.07, 6.45) is 4.84. The van der Waals surface area contributed by atoms with Gasteiger partial charge in [-0.3, -0.25) is 19.3 Å². The molecule has 136 valence electrons. The number of nitrogens with one attached hydrogen (secondary N) is 1. The van der Waals surface area contributed by atoms with E-state index >= 15 is 0 Å². The van der Waals surface area contributed by atoms with E-state index in [-0.39, 0.29) is 30.1 Å². The number of hydrogen-bond donors (Lipinski definition) is 1. The standard InChI is InChI=1S/C21H18N2O3S/c24-19(12-11-16-7-3-1-4-8-16)22-13-14-23-20(25)18(27-21(23)26)15-17-9-5-2-6-10-17/h1-12,15H,13-14H2,(H,22,24)/b12-11+,18-15-. The van der Waals surface area contributed by atoms with E-state index in [2.05, 4.69) is 5.32 Å². The normalized spacial score (nSPS) is 15.7. The summed E-state index contributed by atoms with van der Waals surface area (Å²) in [7, 11) is 0. The van der Waals surface area contributed by atoms with Crippen molar-refractivity contribution in [3.05, 3.63) is 82.8 Å². The third-order valence-corrected chi connectivity index (χ3v) is 4.74. The molecule has 0 spiro atoms. The van der Waals surface area contributed by atoms with E-state index in [1.54, 1.807) is 12.2 Å². The molecule has 1 fully saturated rings. The first-order valence-electron chi connectivity index (χ1n) is 8.45. The van der Waals surface area contributed by atoms with Crippen LogP contribution in [0.15, 0.2) is 71.6 Å². The molecule has 6 heteroatoms. The lowest BCUT2D eigenvalue weighted by Crippen LogP contribution is -2.36. The molecule has 0 unspecified atom stereocenters. The van der Waals surface area contributed by atoms with Crippen molar-refractivity contribution >= 4 is 41.0 Å². The molecule has 1 saturated heterocycles. The highest BCUT2D eigenvalue weighted by Gasteiger charge is 2.34. The summed E-state index contributed by atoms with van der Waals surface area (Å²) in [5.74, 6) is -0.603. The average Bonchev–Trinajstić information content (AvgIpc) is 2.95. The van der Waals surface area contributed by atoms with E-state index in [1.165, 1.54) is 6.08 Å². The number of carbonyl (C=O) groups excluding carboxylic acids is 3. The van der Waals surface area contributed by atoms with Crippen molar-refractivity contribution in [2.75, 3.05) is 13.1 Å². The molecule has 1 aliphatic rings. The molecule has 0 saturated carbocycles. The van der Waals surface area contributed by atoms with E-state index < -0.39 is 0 Å². The summed E-state index contributed by atoms with van der Waals surface area (Å²) in [6.45, 7) is 0.344. The zero-order chi connectivity index (χ0) is 19.1. The molecule has 2 aromatic carbocycles. The van der Waals surface area contributed by atoms with Crippen LogP contribution in [0, 0.1) is 0 Å². The third-order valence-electron chi connectivity index (χ3n) is 3.83. The number of amides is 3. The van der Waals surface area contributed by atoms with E-state index in [0.717, 1.165) is 27.8 Å². The Balaban J connectivity index is 1.51. The van der Waals surface area contributed by atoms with Gasteiger partial charge in [0.25, 0.3) is 11.1 Å². The van der Waals surface area contributed by atoms with Crippen LogP contribution in [0.5, 0.6) is 0 Å². The Morgan fingerprint density at radius 2 is 1.59 bits per heavy atom. The first-order chi connectivity index (χ1) is 13.1. The molecule has 0 aromatic heterocycles. The van der Waals surface area contributed by atoms with Crippen molar-refractivity contribution in [2.24, 2.45) is 0 Å². The minimum atomic E-state index is -0.331. The highest BCUT2D eigenvalue weighted by Crippen LogP contribution is 2.31. The zero-order valence-corrected chi connectivity index (χ0v) is 15.3. The predicted octanol–water partition coefficient (Wildman–Crippen LogP) is 3.55. The zero-order valence-electron chi connectivity index (χ0n) is 14.5. The van der Waals surface area contributed by atoms with Crippen molar-refractivity contribution in [3.63, 3.8) is 0 Å². The van der Waals surface area contributed by atoms with Crippen molar-refractivity contribution in [1.82, 2.24) is 10.2 Å². The Kier molecular flexibility index (Phi) is 6.22. The van der Waals surface area contributed by atoms with Gasteiger partial charge in [0.2, 0.25) is 5.91 Å². The highest BCUT2D eigenvalue weighted by molar-refractivity contribution is 8.18. The Bertz CT molecular complexity index is 892. The molecule has 3 rings (SSSR count). The monoisotopic (exact) mass is 378 g/mol. The van der Waals surface area contributed by atoms with Gasteiger partial charge in [-0.1, -0.05) is 60.7 Å². The fraction of sp³-hybridized carbons (Fsp3) is 0.0952. The first-order valence-corrected chi connectivity index (χ1v) is 9.26. The number of thioether (sulfide) groups is 1. The minimum absolute atomic E-state index is 0.141. The number of imide groups is 1. The number of rotatable bonds is 6. The molecular formula is C21H18N2O3S. The van der Waals surface area contributed by atoms with Gasteiger partial charge in [0.05, 0.1) is 4.91 Å².